The summed E-state index contributed by atoms with van der Waals surface area (Å²) in [5.74, 6) is 1.03. The Morgan fingerprint density at radius 1 is 1.42 bits per heavy atom. The van der Waals surface area contributed by atoms with E-state index < -0.39 is 0 Å². The van der Waals surface area contributed by atoms with Crippen molar-refractivity contribution in [1.29, 1.82) is 0 Å². The summed E-state index contributed by atoms with van der Waals surface area (Å²) < 4.78 is 1.88. The van der Waals surface area contributed by atoms with Gasteiger partial charge in [0.2, 0.25) is 0 Å². The van der Waals surface area contributed by atoms with Gasteiger partial charge in [-0.3, -0.25) is 0 Å². The molecule has 1 aliphatic carbocycles. The van der Waals surface area contributed by atoms with Crippen LogP contribution >= 0.6 is 11.3 Å². The molecule has 0 saturated heterocycles. The average Bonchev–Trinajstić information content (AvgIpc) is 3.12. The summed E-state index contributed by atoms with van der Waals surface area (Å²) >= 11 is 1.69. The topological polar surface area (TPSA) is 50.1 Å². The molecule has 0 unspecified atom stereocenters. The number of aromatic nitrogens is 2. The van der Waals surface area contributed by atoms with Gasteiger partial charge in [-0.1, -0.05) is 18.9 Å². The zero-order valence-electron chi connectivity index (χ0n) is 10.9. The van der Waals surface area contributed by atoms with Crippen LogP contribution in [-0.4, -0.2) is 27.5 Å². The fourth-order valence-corrected chi connectivity index (χ4v) is 3.30. The highest BCUT2D eigenvalue weighted by Crippen LogP contribution is 2.28. The highest BCUT2D eigenvalue weighted by atomic mass is 32.1. The lowest BCUT2D eigenvalue weighted by Crippen LogP contribution is -2.18. The van der Waals surface area contributed by atoms with Gasteiger partial charge in [0.05, 0.1) is 18.0 Å². The van der Waals surface area contributed by atoms with Crippen LogP contribution in [-0.2, 0) is 6.54 Å². The van der Waals surface area contributed by atoms with E-state index in [1.165, 1.54) is 30.6 Å². The van der Waals surface area contributed by atoms with Gasteiger partial charge in [-0.15, -0.1) is 11.3 Å². The van der Waals surface area contributed by atoms with Crippen LogP contribution in [0.2, 0.25) is 0 Å². The van der Waals surface area contributed by atoms with Crippen LogP contribution < -0.4 is 5.32 Å². The molecule has 1 aliphatic rings. The standard InChI is InChI=1S/C14H19N3OS/c18-8-7-17-14(15-11-4-1-2-5-11)10-12(16-17)13-6-3-9-19-13/h3,6,9-11,15,18H,1-2,4-5,7-8H2. The van der Waals surface area contributed by atoms with Crippen LogP contribution in [0.5, 0.6) is 0 Å². The van der Waals surface area contributed by atoms with E-state index in [2.05, 4.69) is 27.9 Å². The summed E-state index contributed by atoms with van der Waals surface area (Å²) in [7, 11) is 0. The first-order valence-electron chi connectivity index (χ1n) is 6.86. The van der Waals surface area contributed by atoms with Gasteiger partial charge in [0.1, 0.15) is 11.5 Å². The largest absolute Gasteiger partial charge is 0.394 e. The first kappa shape index (κ1) is 12.7. The second-order valence-corrected chi connectivity index (χ2v) is 5.91. The van der Waals surface area contributed by atoms with Crippen LogP contribution in [0.3, 0.4) is 0 Å². The first-order valence-corrected chi connectivity index (χ1v) is 7.74. The predicted octanol–water partition coefficient (Wildman–Crippen LogP) is 2.96. The van der Waals surface area contributed by atoms with E-state index in [-0.39, 0.29) is 6.61 Å². The summed E-state index contributed by atoms with van der Waals surface area (Å²) in [6.45, 7) is 0.658. The van der Waals surface area contributed by atoms with Crippen molar-refractivity contribution in [3.05, 3.63) is 23.6 Å². The summed E-state index contributed by atoms with van der Waals surface area (Å²) in [4.78, 5) is 1.17. The molecule has 0 atom stereocenters. The third kappa shape index (κ3) is 2.82. The number of aliphatic hydroxyl groups excluding tert-OH is 1. The smallest absolute Gasteiger partial charge is 0.125 e. The minimum absolute atomic E-state index is 0.116. The molecule has 3 rings (SSSR count). The van der Waals surface area contributed by atoms with E-state index in [4.69, 9.17) is 5.11 Å². The van der Waals surface area contributed by atoms with Crippen molar-refractivity contribution in [2.45, 2.75) is 38.3 Å². The zero-order valence-corrected chi connectivity index (χ0v) is 11.7. The number of anilines is 1. The zero-order chi connectivity index (χ0) is 13.1. The van der Waals surface area contributed by atoms with Crippen molar-refractivity contribution in [2.75, 3.05) is 11.9 Å². The van der Waals surface area contributed by atoms with E-state index in [1.807, 2.05) is 10.7 Å². The Kier molecular flexibility index (Phi) is 3.84. The molecule has 0 bridgehead atoms. The number of thiophene rings is 1. The second kappa shape index (κ2) is 5.75. The van der Waals surface area contributed by atoms with Gasteiger partial charge < -0.3 is 10.4 Å². The van der Waals surface area contributed by atoms with E-state index in [0.717, 1.165) is 11.5 Å². The van der Waals surface area contributed by atoms with Crippen molar-refractivity contribution >= 4 is 17.2 Å². The normalized spacial score (nSPS) is 16.1. The van der Waals surface area contributed by atoms with E-state index in [0.29, 0.717) is 12.6 Å². The van der Waals surface area contributed by atoms with Gasteiger partial charge in [-0.2, -0.15) is 5.10 Å². The van der Waals surface area contributed by atoms with Crippen molar-refractivity contribution in [3.63, 3.8) is 0 Å². The number of hydrogen-bond acceptors (Lipinski definition) is 4. The molecule has 2 aromatic heterocycles. The van der Waals surface area contributed by atoms with Crippen LogP contribution in [0, 0.1) is 0 Å². The molecule has 1 fully saturated rings. The molecular weight excluding hydrogens is 258 g/mol. The SMILES string of the molecule is OCCn1nc(-c2cccs2)cc1NC1CCCC1. The molecule has 0 amide bonds. The Hall–Kier alpha value is -1.33. The minimum Gasteiger partial charge on any atom is -0.394 e. The van der Waals surface area contributed by atoms with Crippen LogP contribution in [0.15, 0.2) is 23.6 Å². The second-order valence-electron chi connectivity index (χ2n) is 4.96. The Bertz CT molecular complexity index is 515. The number of aliphatic hydroxyl groups is 1. The molecule has 4 nitrogen and oxygen atoms in total. The van der Waals surface area contributed by atoms with Crippen LogP contribution in [0.4, 0.5) is 5.82 Å². The number of nitrogens with one attached hydrogen (secondary N) is 1. The Morgan fingerprint density at radius 3 is 2.95 bits per heavy atom. The molecule has 5 heteroatoms. The van der Waals surface area contributed by atoms with Gasteiger partial charge in [0, 0.05) is 12.1 Å². The number of hydrogen-bond donors (Lipinski definition) is 2. The fourth-order valence-electron chi connectivity index (χ4n) is 2.62. The molecule has 0 radical (unpaired) electrons. The number of nitrogens with zero attached hydrogens (tertiary/aromatic N) is 2. The summed E-state index contributed by atoms with van der Waals surface area (Å²) in [6.07, 6.45) is 5.09. The highest BCUT2D eigenvalue weighted by Gasteiger charge is 2.17. The van der Waals surface area contributed by atoms with Crippen LogP contribution in [0.25, 0.3) is 10.6 Å². The van der Waals surface area contributed by atoms with E-state index in [9.17, 15) is 0 Å². The van der Waals surface area contributed by atoms with Gasteiger partial charge in [0.25, 0.3) is 0 Å². The minimum atomic E-state index is 0.116. The molecule has 19 heavy (non-hydrogen) atoms. The maximum absolute atomic E-state index is 9.16. The molecule has 102 valence electrons. The lowest BCUT2D eigenvalue weighted by molar-refractivity contribution is 0.270. The van der Waals surface area contributed by atoms with Gasteiger partial charge in [-0.05, 0) is 24.3 Å². The maximum atomic E-state index is 9.16. The monoisotopic (exact) mass is 277 g/mol. The van der Waals surface area contributed by atoms with Gasteiger partial charge >= 0.3 is 0 Å². The molecule has 2 N–H and O–H groups in total. The fraction of sp³-hybridized carbons (Fsp3) is 0.500. The van der Waals surface area contributed by atoms with Gasteiger partial charge in [-0.25, -0.2) is 4.68 Å². The summed E-state index contributed by atoms with van der Waals surface area (Å²) in [5, 5.41) is 19.4. The molecule has 2 aromatic rings. The van der Waals surface area contributed by atoms with Crippen molar-refractivity contribution in [3.8, 4) is 10.6 Å². The molecular formula is C14H19N3OS. The lowest BCUT2D eigenvalue weighted by Gasteiger charge is -2.14. The third-order valence-electron chi connectivity index (χ3n) is 3.57. The Labute approximate surface area is 117 Å². The highest BCUT2D eigenvalue weighted by molar-refractivity contribution is 7.13. The average molecular weight is 277 g/mol. The molecule has 2 heterocycles. The molecule has 0 aromatic carbocycles. The van der Waals surface area contributed by atoms with Crippen molar-refractivity contribution in [1.82, 2.24) is 9.78 Å². The quantitative estimate of drug-likeness (QED) is 0.883. The predicted molar refractivity (Wildman–Crippen MR) is 78.5 cm³/mol. The van der Waals surface area contributed by atoms with Gasteiger partial charge in [0.15, 0.2) is 0 Å². The summed E-state index contributed by atoms with van der Waals surface area (Å²) in [6, 6.07) is 6.77. The number of rotatable bonds is 5. The van der Waals surface area contributed by atoms with E-state index >= 15 is 0 Å². The maximum Gasteiger partial charge on any atom is 0.125 e. The summed E-state index contributed by atoms with van der Waals surface area (Å²) in [5.41, 5.74) is 0.990. The van der Waals surface area contributed by atoms with Crippen LogP contribution in [0.1, 0.15) is 25.7 Å². The lowest BCUT2D eigenvalue weighted by atomic mass is 10.2. The first-order chi connectivity index (χ1) is 9.36. The molecule has 0 aliphatic heterocycles. The molecule has 1 saturated carbocycles. The molecule has 0 spiro atoms. The Morgan fingerprint density at radius 2 is 2.26 bits per heavy atom. The van der Waals surface area contributed by atoms with Crippen molar-refractivity contribution in [2.24, 2.45) is 0 Å². The Balaban J connectivity index is 1.83. The van der Waals surface area contributed by atoms with E-state index in [1.54, 1.807) is 11.3 Å². The third-order valence-corrected chi connectivity index (χ3v) is 4.46. The van der Waals surface area contributed by atoms with Crippen molar-refractivity contribution < 1.29 is 5.11 Å².